The standard InChI is InChI=1S/C52H35NO/c1-3-14-36(15-4-1)39-28-30-44(31-29-39)53(48-24-11-9-22-45(48)42-21-13-20-41(34-42)37-16-5-2-6-17-37)49-33-32-46(43-27-26-38-18-7-8-19-40(38)35-43)52-51(49)47-23-10-12-25-50(47)54-52/h1-35H. The molecular weight excluding hydrogens is 655 g/mol. The number of furan rings is 1. The number of nitrogens with zero attached hydrogens (tertiary/aromatic N) is 1. The minimum Gasteiger partial charge on any atom is -0.455 e. The second-order valence-corrected chi connectivity index (χ2v) is 13.7. The molecule has 0 saturated carbocycles. The lowest BCUT2D eigenvalue weighted by Crippen LogP contribution is -2.11. The van der Waals surface area contributed by atoms with Gasteiger partial charge in [-0.3, -0.25) is 0 Å². The molecule has 0 radical (unpaired) electrons. The van der Waals surface area contributed by atoms with Crippen LogP contribution in [0.5, 0.6) is 0 Å². The molecule has 0 amide bonds. The lowest BCUT2D eigenvalue weighted by Gasteiger charge is -2.29. The highest BCUT2D eigenvalue weighted by molar-refractivity contribution is 6.17. The van der Waals surface area contributed by atoms with Crippen molar-refractivity contribution in [2.24, 2.45) is 0 Å². The maximum Gasteiger partial charge on any atom is 0.145 e. The summed E-state index contributed by atoms with van der Waals surface area (Å²) < 4.78 is 6.84. The van der Waals surface area contributed by atoms with Crippen molar-refractivity contribution in [3.05, 3.63) is 212 Å². The zero-order valence-corrected chi connectivity index (χ0v) is 29.6. The Balaban J connectivity index is 1.22. The first-order chi connectivity index (χ1) is 26.8. The topological polar surface area (TPSA) is 16.4 Å². The summed E-state index contributed by atoms with van der Waals surface area (Å²) in [6.07, 6.45) is 0. The molecule has 0 unspecified atom stereocenters. The van der Waals surface area contributed by atoms with E-state index in [1.54, 1.807) is 0 Å². The van der Waals surface area contributed by atoms with Gasteiger partial charge in [0.25, 0.3) is 0 Å². The molecule has 10 rings (SSSR count). The first-order valence-electron chi connectivity index (χ1n) is 18.4. The van der Waals surface area contributed by atoms with E-state index >= 15 is 0 Å². The molecule has 0 aliphatic heterocycles. The predicted octanol–water partition coefficient (Wildman–Crippen LogP) is 14.9. The number of hydrogen-bond acceptors (Lipinski definition) is 2. The maximum absolute atomic E-state index is 6.84. The monoisotopic (exact) mass is 689 g/mol. The Morgan fingerprint density at radius 1 is 0.333 bits per heavy atom. The summed E-state index contributed by atoms with van der Waals surface area (Å²) in [5, 5.41) is 4.59. The summed E-state index contributed by atoms with van der Waals surface area (Å²) in [6.45, 7) is 0. The molecule has 0 aliphatic rings. The molecule has 0 aliphatic carbocycles. The molecule has 0 atom stereocenters. The first-order valence-corrected chi connectivity index (χ1v) is 18.4. The second-order valence-electron chi connectivity index (χ2n) is 13.7. The molecule has 10 aromatic rings. The Hall–Kier alpha value is -7.16. The summed E-state index contributed by atoms with van der Waals surface area (Å²) >= 11 is 0. The number of anilines is 3. The van der Waals surface area contributed by atoms with Gasteiger partial charge in [0.15, 0.2) is 0 Å². The van der Waals surface area contributed by atoms with Gasteiger partial charge in [0.1, 0.15) is 11.2 Å². The fraction of sp³-hybridized carbons (Fsp3) is 0. The molecule has 0 N–H and O–H groups in total. The van der Waals surface area contributed by atoms with Crippen LogP contribution in [0.15, 0.2) is 217 Å². The fourth-order valence-corrected chi connectivity index (χ4v) is 7.83. The normalized spacial score (nSPS) is 11.3. The van der Waals surface area contributed by atoms with Crippen molar-refractivity contribution in [2.75, 3.05) is 4.90 Å². The van der Waals surface area contributed by atoms with Crippen LogP contribution in [0.2, 0.25) is 0 Å². The Bertz CT molecular complexity index is 2920. The van der Waals surface area contributed by atoms with Gasteiger partial charge in [-0.15, -0.1) is 0 Å². The van der Waals surface area contributed by atoms with E-state index < -0.39 is 0 Å². The van der Waals surface area contributed by atoms with Gasteiger partial charge in [0.2, 0.25) is 0 Å². The zero-order valence-electron chi connectivity index (χ0n) is 29.6. The summed E-state index contributed by atoms with van der Waals surface area (Å²) in [5.74, 6) is 0. The number of para-hydroxylation sites is 2. The van der Waals surface area contributed by atoms with Gasteiger partial charge in [-0.1, -0.05) is 164 Å². The van der Waals surface area contributed by atoms with Crippen LogP contribution in [0.4, 0.5) is 17.1 Å². The van der Waals surface area contributed by atoms with Gasteiger partial charge in [0.05, 0.1) is 16.8 Å². The highest BCUT2D eigenvalue weighted by Crippen LogP contribution is 2.48. The van der Waals surface area contributed by atoms with E-state index in [0.29, 0.717) is 0 Å². The third-order valence-corrected chi connectivity index (χ3v) is 10.5. The lowest BCUT2D eigenvalue weighted by atomic mass is 9.95. The van der Waals surface area contributed by atoms with Crippen LogP contribution >= 0.6 is 0 Å². The third-order valence-electron chi connectivity index (χ3n) is 10.5. The van der Waals surface area contributed by atoms with Crippen LogP contribution in [0.3, 0.4) is 0 Å². The highest BCUT2D eigenvalue weighted by atomic mass is 16.3. The Labute approximate surface area is 314 Å². The maximum atomic E-state index is 6.84. The molecule has 0 bridgehead atoms. The van der Waals surface area contributed by atoms with Crippen molar-refractivity contribution < 1.29 is 4.42 Å². The number of fused-ring (bicyclic) bond motifs is 4. The molecule has 54 heavy (non-hydrogen) atoms. The van der Waals surface area contributed by atoms with Crippen molar-refractivity contribution >= 4 is 49.8 Å². The zero-order chi connectivity index (χ0) is 35.8. The minimum atomic E-state index is 0.866. The first kappa shape index (κ1) is 31.6. The summed E-state index contributed by atoms with van der Waals surface area (Å²) in [4.78, 5) is 2.41. The van der Waals surface area contributed by atoms with Crippen molar-refractivity contribution in [2.45, 2.75) is 0 Å². The van der Waals surface area contributed by atoms with E-state index in [-0.39, 0.29) is 0 Å². The Morgan fingerprint density at radius 2 is 0.926 bits per heavy atom. The van der Waals surface area contributed by atoms with Crippen LogP contribution < -0.4 is 4.90 Å². The summed E-state index contributed by atoms with van der Waals surface area (Å²) in [6, 6.07) is 75.8. The largest absolute Gasteiger partial charge is 0.455 e. The molecule has 1 heterocycles. The van der Waals surface area contributed by atoms with Crippen LogP contribution in [0.25, 0.3) is 77.2 Å². The summed E-state index contributed by atoms with van der Waals surface area (Å²) in [7, 11) is 0. The molecule has 9 aromatic carbocycles. The van der Waals surface area contributed by atoms with Gasteiger partial charge in [0, 0.05) is 22.2 Å². The number of hydrogen-bond donors (Lipinski definition) is 0. The van der Waals surface area contributed by atoms with E-state index in [2.05, 4.69) is 217 Å². The fourth-order valence-electron chi connectivity index (χ4n) is 7.83. The van der Waals surface area contributed by atoms with Crippen molar-refractivity contribution in [1.82, 2.24) is 0 Å². The molecule has 0 saturated heterocycles. The van der Waals surface area contributed by atoms with Gasteiger partial charge < -0.3 is 9.32 Å². The Kier molecular flexibility index (Phi) is 7.85. The average molecular weight is 690 g/mol. The highest BCUT2D eigenvalue weighted by Gasteiger charge is 2.24. The van der Waals surface area contributed by atoms with Crippen LogP contribution in [0.1, 0.15) is 0 Å². The average Bonchev–Trinajstić information content (AvgIpc) is 3.65. The number of benzene rings is 9. The van der Waals surface area contributed by atoms with Crippen LogP contribution in [0, 0.1) is 0 Å². The van der Waals surface area contributed by atoms with Crippen molar-refractivity contribution in [1.29, 1.82) is 0 Å². The van der Waals surface area contributed by atoms with E-state index in [9.17, 15) is 0 Å². The quantitative estimate of drug-likeness (QED) is 0.166. The van der Waals surface area contributed by atoms with E-state index in [4.69, 9.17) is 4.42 Å². The van der Waals surface area contributed by atoms with Crippen LogP contribution in [-0.2, 0) is 0 Å². The SMILES string of the molecule is c1ccc(-c2ccc(N(c3ccccc3-c3cccc(-c4ccccc4)c3)c3ccc(-c4ccc5ccccc5c4)c4oc5ccccc5c34)cc2)cc1. The van der Waals surface area contributed by atoms with E-state index in [0.717, 1.165) is 61.3 Å². The van der Waals surface area contributed by atoms with E-state index in [1.807, 2.05) is 0 Å². The summed E-state index contributed by atoms with van der Waals surface area (Å²) in [5.41, 5.74) is 14.2. The smallest absolute Gasteiger partial charge is 0.145 e. The third kappa shape index (κ3) is 5.62. The molecule has 1 aromatic heterocycles. The van der Waals surface area contributed by atoms with Crippen molar-refractivity contribution in [3.8, 4) is 44.5 Å². The number of rotatable bonds is 7. The van der Waals surface area contributed by atoms with Gasteiger partial charge in [-0.25, -0.2) is 0 Å². The molecule has 254 valence electrons. The van der Waals surface area contributed by atoms with E-state index in [1.165, 1.54) is 33.0 Å². The second kappa shape index (κ2) is 13.4. The molecule has 2 heteroatoms. The van der Waals surface area contributed by atoms with Gasteiger partial charge >= 0.3 is 0 Å². The molecule has 0 fully saturated rings. The van der Waals surface area contributed by atoms with Gasteiger partial charge in [-0.2, -0.15) is 0 Å². The van der Waals surface area contributed by atoms with Gasteiger partial charge in [-0.05, 0) is 92.7 Å². The predicted molar refractivity (Wildman–Crippen MR) is 228 cm³/mol. The molecular formula is C52H35NO. The van der Waals surface area contributed by atoms with Crippen LogP contribution in [-0.4, -0.2) is 0 Å². The molecule has 0 spiro atoms. The lowest BCUT2D eigenvalue weighted by molar-refractivity contribution is 0.670. The minimum absolute atomic E-state index is 0.866. The molecule has 2 nitrogen and oxygen atoms in total. The Morgan fingerprint density at radius 3 is 1.74 bits per heavy atom. The van der Waals surface area contributed by atoms with Crippen molar-refractivity contribution in [3.63, 3.8) is 0 Å².